The number of unbranched alkanes of at least 4 members (excludes halogenated alkanes) is 1. The van der Waals surface area contributed by atoms with Gasteiger partial charge in [-0.15, -0.1) is 0 Å². The standard InChI is InChI=1S/C20H30N4O3/c1-4-5-13-23(2)14-12-21-19(25)15-24-20(26)11-10-18(22-24)16-6-8-17(27-3)9-7-16/h6-9H,4-5,10-15H2,1-3H3,(H,21,25). The molecule has 0 atom stereocenters. The van der Waals surface area contributed by atoms with E-state index in [1.54, 1.807) is 7.11 Å². The number of likely N-dealkylation sites (N-methyl/N-ethyl adjacent to an activating group) is 1. The highest BCUT2D eigenvalue weighted by molar-refractivity contribution is 6.04. The lowest BCUT2D eigenvalue weighted by molar-refractivity contribution is -0.136. The highest BCUT2D eigenvalue weighted by Crippen LogP contribution is 2.18. The quantitative estimate of drug-likeness (QED) is 0.678. The highest BCUT2D eigenvalue weighted by Gasteiger charge is 2.23. The van der Waals surface area contributed by atoms with Crippen molar-refractivity contribution in [3.05, 3.63) is 29.8 Å². The summed E-state index contributed by atoms with van der Waals surface area (Å²) < 4.78 is 5.16. The number of nitrogens with zero attached hydrogens (tertiary/aromatic N) is 3. The van der Waals surface area contributed by atoms with E-state index in [1.807, 2.05) is 31.3 Å². The van der Waals surface area contributed by atoms with Gasteiger partial charge in [0.05, 0.1) is 12.8 Å². The van der Waals surface area contributed by atoms with Crippen molar-refractivity contribution in [2.24, 2.45) is 5.10 Å². The molecular weight excluding hydrogens is 344 g/mol. The molecule has 2 rings (SSSR count). The molecule has 0 aromatic heterocycles. The Morgan fingerprint density at radius 2 is 2.00 bits per heavy atom. The molecule has 1 aromatic carbocycles. The third-order valence-electron chi connectivity index (χ3n) is 4.53. The summed E-state index contributed by atoms with van der Waals surface area (Å²) in [6.07, 6.45) is 3.24. The third-order valence-corrected chi connectivity index (χ3v) is 4.53. The van der Waals surface area contributed by atoms with Crippen molar-refractivity contribution in [2.75, 3.05) is 40.3 Å². The number of carbonyl (C=O) groups excluding carboxylic acids is 2. The Hall–Kier alpha value is -2.41. The third kappa shape index (κ3) is 6.67. The van der Waals surface area contributed by atoms with Gasteiger partial charge in [-0.05, 0) is 49.8 Å². The molecule has 0 bridgehead atoms. The number of rotatable bonds is 10. The fourth-order valence-electron chi connectivity index (χ4n) is 2.83. The van der Waals surface area contributed by atoms with Crippen LogP contribution < -0.4 is 10.1 Å². The predicted octanol–water partition coefficient (Wildman–Crippen LogP) is 1.87. The van der Waals surface area contributed by atoms with Crippen LogP contribution >= 0.6 is 0 Å². The van der Waals surface area contributed by atoms with Crippen LogP contribution in [-0.4, -0.2) is 67.8 Å². The summed E-state index contributed by atoms with van der Waals surface area (Å²) in [5, 5.41) is 8.54. The molecule has 1 aliphatic heterocycles. The second-order valence-electron chi connectivity index (χ2n) is 6.73. The van der Waals surface area contributed by atoms with Crippen molar-refractivity contribution in [1.29, 1.82) is 0 Å². The lowest BCUT2D eigenvalue weighted by Gasteiger charge is -2.23. The van der Waals surface area contributed by atoms with Crippen molar-refractivity contribution in [3.8, 4) is 5.75 Å². The summed E-state index contributed by atoms with van der Waals surface area (Å²) in [7, 11) is 3.66. The first-order valence-corrected chi connectivity index (χ1v) is 9.51. The molecule has 1 heterocycles. The van der Waals surface area contributed by atoms with Crippen molar-refractivity contribution in [3.63, 3.8) is 0 Å². The van der Waals surface area contributed by atoms with E-state index in [-0.39, 0.29) is 18.4 Å². The van der Waals surface area contributed by atoms with Crippen LogP contribution in [0.5, 0.6) is 5.75 Å². The average Bonchev–Trinajstić information content (AvgIpc) is 2.68. The van der Waals surface area contributed by atoms with E-state index in [0.29, 0.717) is 19.4 Å². The van der Waals surface area contributed by atoms with Gasteiger partial charge >= 0.3 is 0 Å². The lowest BCUT2D eigenvalue weighted by Crippen LogP contribution is -2.42. The monoisotopic (exact) mass is 374 g/mol. The zero-order valence-electron chi connectivity index (χ0n) is 16.5. The van der Waals surface area contributed by atoms with Gasteiger partial charge in [0.15, 0.2) is 0 Å². The van der Waals surface area contributed by atoms with E-state index < -0.39 is 0 Å². The topological polar surface area (TPSA) is 74.2 Å². The number of hydrogen-bond donors (Lipinski definition) is 1. The summed E-state index contributed by atoms with van der Waals surface area (Å²) in [5.74, 6) is 0.459. The van der Waals surface area contributed by atoms with Gasteiger partial charge < -0.3 is 15.0 Å². The maximum Gasteiger partial charge on any atom is 0.243 e. The van der Waals surface area contributed by atoms with Crippen molar-refractivity contribution in [2.45, 2.75) is 32.6 Å². The van der Waals surface area contributed by atoms with Crippen LogP contribution in [0.15, 0.2) is 29.4 Å². The summed E-state index contributed by atoms with van der Waals surface area (Å²) in [6.45, 7) is 4.49. The molecule has 7 heteroatoms. The normalized spacial score (nSPS) is 14.3. The first kappa shape index (κ1) is 20.9. The zero-order valence-corrected chi connectivity index (χ0v) is 16.5. The Labute approximate surface area is 161 Å². The molecule has 0 saturated heterocycles. The van der Waals surface area contributed by atoms with E-state index in [4.69, 9.17) is 4.74 Å². The SMILES string of the molecule is CCCCN(C)CCNC(=O)CN1N=C(c2ccc(OC)cc2)CCC1=O. The van der Waals surface area contributed by atoms with E-state index in [2.05, 4.69) is 22.2 Å². The van der Waals surface area contributed by atoms with E-state index >= 15 is 0 Å². The maximum absolute atomic E-state index is 12.2. The van der Waals surface area contributed by atoms with Crippen LogP contribution in [0.3, 0.4) is 0 Å². The first-order chi connectivity index (χ1) is 13.0. The molecule has 0 unspecified atom stereocenters. The smallest absolute Gasteiger partial charge is 0.243 e. The molecule has 1 aliphatic rings. The van der Waals surface area contributed by atoms with Crippen molar-refractivity contribution >= 4 is 17.5 Å². The Morgan fingerprint density at radius 3 is 2.67 bits per heavy atom. The molecule has 0 radical (unpaired) electrons. The Morgan fingerprint density at radius 1 is 1.26 bits per heavy atom. The van der Waals surface area contributed by atoms with Gasteiger partial charge in [0.25, 0.3) is 0 Å². The van der Waals surface area contributed by atoms with Crippen LogP contribution in [0.4, 0.5) is 0 Å². The molecule has 0 spiro atoms. The summed E-state index contributed by atoms with van der Waals surface area (Å²) in [4.78, 5) is 26.5. The molecule has 0 aliphatic carbocycles. The second-order valence-corrected chi connectivity index (χ2v) is 6.73. The molecule has 27 heavy (non-hydrogen) atoms. The summed E-state index contributed by atoms with van der Waals surface area (Å²) in [6, 6.07) is 7.55. The van der Waals surface area contributed by atoms with Gasteiger partial charge in [-0.1, -0.05) is 13.3 Å². The Bertz CT molecular complexity index is 658. The van der Waals surface area contributed by atoms with Crippen LogP contribution in [0.25, 0.3) is 0 Å². The highest BCUT2D eigenvalue weighted by atomic mass is 16.5. The van der Waals surface area contributed by atoms with Gasteiger partial charge in [-0.2, -0.15) is 5.10 Å². The van der Waals surface area contributed by atoms with E-state index in [1.165, 1.54) is 5.01 Å². The van der Waals surface area contributed by atoms with E-state index in [0.717, 1.165) is 43.0 Å². The molecule has 148 valence electrons. The summed E-state index contributed by atoms with van der Waals surface area (Å²) >= 11 is 0. The number of hydrazone groups is 1. The molecule has 0 saturated carbocycles. The number of carbonyl (C=O) groups is 2. The minimum Gasteiger partial charge on any atom is -0.497 e. The predicted molar refractivity (Wildman–Crippen MR) is 106 cm³/mol. The second kappa shape index (κ2) is 10.7. The summed E-state index contributed by atoms with van der Waals surface area (Å²) in [5.41, 5.74) is 1.75. The first-order valence-electron chi connectivity index (χ1n) is 9.51. The fraction of sp³-hybridized carbons (Fsp3) is 0.550. The minimum absolute atomic E-state index is 0.0445. The van der Waals surface area contributed by atoms with Gasteiger partial charge in [0.2, 0.25) is 11.8 Å². The van der Waals surface area contributed by atoms with Gasteiger partial charge in [-0.3, -0.25) is 9.59 Å². The number of hydrogen-bond acceptors (Lipinski definition) is 5. The van der Waals surface area contributed by atoms with Crippen molar-refractivity contribution < 1.29 is 14.3 Å². The largest absolute Gasteiger partial charge is 0.497 e. The van der Waals surface area contributed by atoms with Crippen molar-refractivity contribution in [1.82, 2.24) is 15.2 Å². The number of benzene rings is 1. The number of ether oxygens (including phenoxy) is 1. The zero-order chi connectivity index (χ0) is 19.6. The molecule has 7 nitrogen and oxygen atoms in total. The van der Waals surface area contributed by atoms with Crippen LogP contribution in [0.2, 0.25) is 0 Å². The Kier molecular flexibility index (Phi) is 8.26. The molecule has 0 fully saturated rings. The lowest BCUT2D eigenvalue weighted by atomic mass is 10.0. The molecular formula is C20H30N4O3. The maximum atomic E-state index is 12.2. The molecule has 2 amide bonds. The van der Waals surface area contributed by atoms with Gasteiger partial charge in [-0.25, -0.2) is 5.01 Å². The van der Waals surface area contributed by atoms with Crippen LogP contribution in [0.1, 0.15) is 38.2 Å². The fourth-order valence-corrected chi connectivity index (χ4v) is 2.83. The number of methoxy groups -OCH3 is 1. The Balaban J connectivity index is 1.87. The van der Waals surface area contributed by atoms with Crippen LogP contribution in [-0.2, 0) is 9.59 Å². The van der Waals surface area contributed by atoms with E-state index in [9.17, 15) is 9.59 Å². The van der Waals surface area contributed by atoms with Gasteiger partial charge in [0.1, 0.15) is 12.3 Å². The van der Waals surface area contributed by atoms with Crippen LogP contribution in [0, 0.1) is 0 Å². The number of amides is 2. The average molecular weight is 374 g/mol. The molecule has 1 aromatic rings. The number of nitrogens with one attached hydrogen (secondary N) is 1. The molecule has 1 N–H and O–H groups in total. The van der Waals surface area contributed by atoms with Gasteiger partial charge in [0, 0.05) is 25.9 Å². The minimum atomic E-state index is -0.188.